The average molecular weight is 185 g/mol. The van der Waals surface area contributed by atoms with Crippen LogP contribution in [0.4, 0.5) is 0 Å². The molecule has 0 bridgehead atoms. The molecule has 1 aromatic rings. The van der Waals surface area contributed by atoms with E-state index in [-0.39, 0.29) is 6.04 Å². The normalized spacial score (nSPS) is 13.0. The molecule has 0 aliphatic carbocycles. The van der Waals surface area contributed by atoms with Gasteiger partial charge in [-0.05, 0) is 18.6 Å². The van der Waals surface area contributed by atoms with Crippen molar-refractivity contribution in [1.82, 2.24) is 0 Å². The Morgan fingerprint density at radius 1 is 1.50 bits per heavy atom. The molecule has 12 heavy (non-hydrogen) atoms. The van der Waals surface area contributed by atoms with Crippen LogP contribution >= 0.6 is 11.6 Å². The van der Waals surface area contributed by atoms with Crippen LogP contribution in [0.2, 0.25) is 5.02 Å². The zero-order valence-corrected chi connectivity index (χ0v) is 7.81. The Morgan fingerprint density at radius 3 is 2.75 bits per heavy atom. The van der Waals surface area contributed by atoms with Gasteiger partial charge in [0.2, 0.25) is 0 Å². The number of hydrogen-bond acceptors (Lipinski definition) is 2. The van der Waals surface area contributed by atoms with Crippen molar-refractivity contribution in [3.8, 4) is 0 Å². The third-order valence-electron chi connectivity index (χ3n) is 1.80. The minimum Gasteiger partial charge on any atom is -0.329 e. The monoisotopic (exact) mass is 184 g/mol. The molecule has 0 aliphatic rings. The Morgan fingerprint density at radius 2 is 2.17 bits per heavy atom. The van der Waals surface area contributed by atoms with Crippen molar-refractivity contribution in [2.24, 2.45) is 11.5 Å². The molecule has 1 atom stereocenters. The Kier molecular flexibility index (Phi) is 3.09. The van der Waals surface area contributed by atoms with Gasteiger partial charge in [0.25, 0.3) is 0 Å². The lowest BCUT2D eigenvalue weighted by Gasteiger charge is -2.11. The van der Waals surface area contributed by atoms with Crippen LogP contribution in [-0.4, -0.2) is 6.54 Å². The smallest absolute Gasteiger partial charge is 0.0454 e. The second kappa shape index (κ2) is 3.90. The van der Waals surface area contributed by atoms with Gasteiger partial charge in [-0.15, -0.1) is 0 Å². The third kappa shape index (κ3) is 1.97. The molecule has 2 nitrogen and oxygen atoms in total. The van der Waals surface area contributed by atoms with Gasteiger partial charge >= 0.3 is 0 Å². The molecule has 0 heterocycles. The molecule has 1 aromatic carbocycles. The van der Waals surface area contributed by atoms with Crippen LogP contribution in [0.1, 0.15) is 17.2 Å². The molecule has 0 fully saturated rings. The highest BCUT2D eigenvalue weighted by Gasteiger charge is 2.07. The van der Waals surface area contributed by atoms with E-state index < -0.39 is 0 Å². The van der Waals surface area contributed by atoms with Gasteiger partial charge in [-0.25, -0.2) is 0 Å². The molecule has 4 N–H and O–H groups in total. The lowest BCUT2D eigenvalue weighted by atomic mass is 10.1. The van der Waals surface area contributed by atoms with Crippen LogP contribution in [0, 0.1) is 6.92 Å². The van der Waals surface area contributed by atoms with Crippen molar-refractivity contribution in [1.29, 1.82) is 0 Å². The number of benzene rings is 1. The predicted molar refractivity (Wildman–Crippen MR) is 52.2 cm³/mol. The summed E-state index contributed by atoms with van der Waals surface area (Å²) in [6, 6.07) is 5.62. The van der Waals surface area contributed by atoms with E-state index in [1.165, 1.54) is 0 Å². The van der Waals surface area contributed by atoms with Gasteiger partial charge in [0.05, 0.1) is 0 Å². The summed E-state index contributed by atoms with van der Waals surface area (Å²) >= 11 is 5.93. The van der Waals surface area contributed by atoms with Crippen molar-refractivity contribution < 1.29 is 0 Å². The van der Waals surface area contributed by atoms with Gasteiger partial charge in [0.1, 0.15) is 0 Å². The van der Waals surface area contributed by atoms with Gasteiger partial charge in [-0.3, -0.25) is 0 Å². The van der Waals surface area contributed by atoms with Crippen LogP contribution in [0.25, 0.3) is 0 Å². The first-order valence-electron chi connectivity index (χ1n) is 3.87. The summed E-state index contributed by atoms with van der Waals surface area (Å²) in [6.07, 6.45) is 0. The van der Waals surface area contributed by atoms with Gasteiger partial charge < -0.3 is 11.5 Å². The third-order valence-corrected chi connectivity index (χ3v) is 2.15. The summed E-state index contributed by atoms with van der Waals surface area (Å²) < 4.78 is 0. The Balaban J connectivity index is 3.04. The van der Waals surface area contributed by atoms with Crippen LogP contribution in [-0.2, 0) is 0 Å². The fourth-order valence-corrected chi connectivity index (χ4v) is 1.33. The molecule has 0 radical (unpaired) electrons. The van der Waals surface area contributed by atoms with Crippen LogP contribution in [0.15, 0.2) is 18.2 Å². The molecule has 0 amide bonds. The molecule has 0 aromatic heterocycles. The summed E-state index contributed by atoms with van der Waals surface area (Å²) in [4.78, 5) is 0. The minimum absolute atomic E-state index is 0.155. The quantitative estimate of drug-likeness (QED) is 0.734. The van der Waals surface area contributed by atoms with E-state index in [1.807, 2.05) is 25.1 Å². The first-order chi connectivity index (χ1) is 5.65. The molecule has 0 unspecified atom stereocenters. The molecule has 0 aliphatic heterocycles. The standard InChI is InChI=1S/C9H13ClN2/c1-6-2-3-8(10)7(4-6)9(12)5-11/h2-4,9H,5,11-12H2,1H3/t9-/m0/s1. The second-order valence-corrected chi connectivity index (χ2v) is 3.27. The largest absolute Gasteiger partial charge is 0.329 e. The van der Waals surface area contributed by atoms with Gasteiger partial charge in [-0.1, -0.05) is 29.3 Å². The van der Waals surface area contributed by atoms with Crippen LogP contribution < -0.4 is 11.5 Å². The summed E-state index contributed by atoms with van der Waals surface area (Å²) in [5.41, 5.74) is 13.3. The van der Waals surface area contributed by atoms with E-state index in [0.717, 1.165) is 11.1 Å². The Hall–Kier alpha value is -0.570. The molecular weight excluding hydrogens is 172 g/mol. The molecule has 3 heteroatoms. The lowest BCUT2D eigenvalue weighted by molar-refractivity contribution is 0.736. The van der Waals surface area contributed by atoms with Crippen molar-refractivity contribution in [3.63, 3.8) is 0 Å². The van der Waals surface area contributed by atoms with Crippen molar-refractivity contribution in [3.05, 3.63) is 34.3 Å². The SMILES string of the molecule is Cc1ccc(Cl)c([C@@H](N)CN)c1. The molecule has 1 rings (SSSR count). The summed E-state index contributed by atoms with van der Waals surface area (Å²) in [6.45, 7) is 2.42. The lowest BCUT2D eigenvalue weighted by Crippen LogP contribution is -2.21. The van der Waals surface area contributed by atoms with E-state index in [1.54, 1.807) is 0 Å². The zero-order chi connectivity index (χ0) is 9.14. The summed E-state index contributed by atoms with van der Waals surface area (Å²) in [5.74, 6) is 0. The Bertz CT molecular complexity index is 273. The second-order valence-electron chi connectivity index (χ2n) is 2.87. The average Bonchev–Trinajstić information content (AvgIpc) is 2.08. The fourth-order valence-electron chi connectivity index (χ4n) is 1.07. The Labute approximate surface area is 77.5 Å². The predicted octanol–water partition coefficient (Wildman–Crippen LogP) is 1.61. The minimum atomic E-state index is -0.155. The van der Waals surface area contributed by atoms with Crippen molar-refractivity contribution >= 4 is 11.6 Å². The highest BCUT2D eigenvalue weighted by atomic mass is 35.5. The molecule has 0 spiro atoms. The maximum Gasteiger partial charge on any atom is 0.0454 e. The molecule has 66 valence electrons. The maximum absolute atomic E-state index is 5.93. The fraction of sp³-hybridized carbons (Fsp3) is 0.333. The van der Waals surface area contributed by atoms with Gasteiger partial charge in [0, 0.05) is 17.6 Å². The van der Waals surface area contributed by atoms with E-state index in [4.69, 9.17) is 23.1 Å². The maximum atomic E-state index is 5.93. The number of rotatable bonds is 2. The summed E-state index contributed by atoms with van der Waals surface area (Å²) in [7, 11) is 0. The van der Waals surface area contributed by atoms with E-state index in [2.05, 4.69) is 0 Å². The number of aryl methyl sites for hydroxylation is 1. The molecule has 0 saturated carbocycles. The van der Waals surface area contributed by atoms with E-state index >= 15 is 0 Å². The topological polar surface area (TPSA) is 52.0 Å². The van der Waals surface area contributed by atoms with Crippen molar-refractivity contribution in [2.75, 3.05) is 6.54 Å². The highest BCUT2D eigenvalue weighted by Crippen LogP contribution is 2.21. The van der Waals surface area contributed by atoms with Gasteiger partial charge in [0.15, 0.2) is 0 Å². The van der Waals surface area contributed by atoms with Crippen LogP contribution in [0.3, 0.4) is 0 Å². The van der Waals surface area contributed by atoms with Crippen LogP contribution in [0.5, 0.6) is 0 Å². The highest BCUT2D eigenvalue weighted by molar-refractivity contribution is 6.31. The first kappa shape index (κ1) is 9.52. The number of nitrogens with two attached hydrogens (primary N) is 2. The summed E-state index contributed by atoms with van der Waals surface area (Å²) in [5, 5.41) is 0.693. The van der Waals surface area contributed by atoms with Crippen molar-refractivity contribution in [2.45, 2.75) is 13.0 Å². The number of halogens is 1. The number of hydrogen-bond donors (Lipinski definition) is 2. The van der Waals surface area contributed by atoms with E-state index in [0.29, 0.717) is 11.6 Å². The molecular formula is C9H13ClN2. The van der Waals surface area contributed by atoms with E-state index in [9.17, 15) is 0 Å². The van der Waals surface area contributed by atoms with Gasteiger partial charge in [-0.2, -0.15) is 0 Å². The first-order valence-corrected chi connectivity index (χ1v) is 4.24. The molecule has 0 saturated heterocycles. The zero-order valence-electron chi connectivity index (χ0n) is 7.05.